The van der Waals surface area contributed by atoms with Crippen molar-refractivity contribution in [1.29, 1.82) is 0 Å². The molecule has 15 heavy (non-hydrogen) atoms. The van der Waals surface area contributed by atoms with Crippen molar-refractivity contribution in [3.05, 3.63) is 35.4 Å². The quantitative estimate of drug-likeness (QED) is 0.721. The van der Waals surface area contributed by atoms with E-state index in [0.29, 0.717) is 0 Å². The molecule has 0 spiro atoms. The van der Waals surface area contributed by atoms with Crippen molar-refractivity contribution in [1.82, 2.24) is 10.6 Å². The Labute approximate surface area is 89.9 Å². The first-order valence-corrected chi connectivity index (χ1v) is 5.24. The topological polar surface area (TPSA) is 41.1 Å². The lowest BCUT2D eigenvalue weighted by Gasteiger charge is -2.36. The van der Waals surface area contributed by atoms with Crippen LogP contribution in [0.1, 0.15) is 24.5 Å². The highest BCUT2D eigenvalue weighted by Gasteiger charge is 2.32. The van der Waals surface area contributed by atoms with Gasteiger partial charge in [0.1, 0.15) is 0 Å². The number of carbonyl (C=O) groups excluding carboxylic acids is 1. The summed E-state index contributed by atoms with van der Waals surface area (Å²) in [4.78, 5) is 11.3. The van der Waals surface area contributed by atoms with E-state index in [0.717, 1.165) is 13.0 Å². The minimum absolute atomic E-state index is 0.0768. The summed E-state index contributed by atoms with van der Waals surface area (Å²) in [5.74, 6) is 0. The molecule has 1 aliphatic heterocycles. The molecule has 1 aliphatic rings. The molecule has 1 unspecified atom stereocenters. The Kier molecular flexibility index (Phi) is 2.39. The van der Waals surface area contributed by atoms with Gasteiger partial charge in [-0.2, -0.15) is 0 Å². The van der Waals surface area contributed by atoms with Gasteiger partial charge in [-0.1, -0.05) is 24.3 Å². The molecule has 2 N–H and O–H groups in total. The number of hydrogen-bond acceptors (Lipinski definition) is 1. The van der Waals surface area contributed by atoms with Gasteiger partial charge in [0.15, 0.2) is 0 Å². The van der Waals surface area contributed by atoms with Crippen LogP contribution in [0, 0.1) is 6.92 Å². The summed E-state index contributed by atoms with van der Waals surface area (Å²) in [7, 11) is 0. The average molecular weight is 204 g/mol. The maximum Gasteiger partial charge on any atom is 0.315 e. The fraction of sp³-hybridized carbons (Fsp3) is 0.417. The van der Waals surface area contributed by atoms with Crippen LogP contribution in [0.2, 0.25) is 0 Å². The van der Waals surface area contributed by atoms with Gasteiger partial charge >= 0.3 is 6.03 Å². The maximum absolute atomic E-state index is 11.3. The fourth-order valence-corrected chi connectivity index (χ4v) is 2.18. The van der Waals surface area contributed by atoms with Crippen LogP contribution < -0.4 is 10.6 Å². The van der Waals surface area contributed by atoms with Crippen LogP contribution in [0.4, 0.5) is 4.79 Å². The lowest BCUT2D eigenvalue weighted by molar-refractivity contribution is 0.211. The lowest BCUT2D eigenvalue weighted by atomic mass is 9.85. The minimum Gasteiger partial charge on any atom is -0.338 e. The van der Waals surface area contributed by atoms with Gasteiger partial charge in [0.2, 0.25) is 0 Å². The third kappa shape index (κ3) is 1.82. The number of hydrogen-bond donors (Lipinski definition) is 2. The van der Waals surface area contributed by atoms with Crippen molar-refractivity contribution in [3.63, 3.8) is 0 Å². The van der Waals surface area contributed by atoms with Gasteiger partial charge in [-0.3, -0.25) is 0 Å². The summed E-state index contributed by atoms with van der Waals surface area (Å²) in [5.41, 5.74) is 2.20. The highest BCUT2D eigenvalue weighted by Crippen LogP contribution is 2.28. The molecule has 3 nitrogen and oxygen atoms in total. The molecule has 1 aromatic rings. The summed E-state index contributed by atoms with van der Waals surface area (Å²) in [6, 6.07) is 8.12. The Morgan fingerprint density at radius 1 is 1.33 bits per heavy atom. The third-order valence-electron chi connectivity index (χ3n) is 3.04. The molecule has 1 aromatic carbocycles. The zero-order valence-corrected chi connectivity index (χ0v) is 9.13. The van der Waals surface area contributed by atoms with E-state index < -0.39 is 0 Å². The highest BCUT2D eigenvalue weighted by molar-refractivity contribution is 5.76. The predicted molar refractivity (Wildman–Crippen MR) is 59.7 cm³/mol. The fourth-order valence-electron chi connectivity index (χ4n) is 2.18. The molecule has 80 valence electrons. The molecule has 0 radical (unpaired) electrons. The maximum atomic E-state index is 11.3. The molecule has 0 aromatic heterocycles. The van der Waals surface area contributed by atoms with Crippen LogP contribution in [0.3, 0.4) is 0 Å². The van der Waals surface area contributed by atoms with E-state index in [1.165, 1.54) is 11.1 Å². The summed E-state index contributed by atoms with van der Waals surface area (Å²) < 4.78 is 0. The van der Waals surface area contributed by atoms with E-state index in [1.807, 2.05) is 12.1 Å². The molecule has 1 fully saturated rings. The van der Waals surface area contributed by atoms with Crippen molar-refractivity contribution in [3.8, 4) is 0 Å². The van der Waals surface area contributed by atoms with Crippen LogP contribution in [0.5, 0.6) is 0 Å². The summed E-state index contributed by atoms with van der Waals surface area (Å²) in [5, 5.41) is 5.78. The van der Waals surface area contributed by atoms with Crippen LogP contribution in [0.25, 0.3) is 0 Å². The second kappa shape index (κ2) is 3.57. The number of amides is 2. The van der Waals surface area contributed by atoms with E-state index in [4.69, 9.17) is 0 Å². The first-order chi connectivity index (χ1) is 7.12. The third-order valence-corrected chi connectivity index (χ3v) is 3.04. The molecular weight excluding hydrogens is 188 g/mol. The first-order valence-electron chi connectivity index (χ1n) is 5.24. The zero-order valence-electron chi connectivity index (χ0n) is 9.13. The van der Waals surface area contributed by atoms with Crippen LogP contribution in [-0.2, 0) is 5.54 Å². The van der Waals surface area contributed by atoms with Crippen molar-refractivity contribution < 1.29 is 4.79 Å². The molecule has 0 saturated carbocycles. The molecule has 1 atom stereocenters. The largest absolute Gasteiger partial charge is 0.338 e. The minimum atomic E-state index is -0.228. The number of rotatable bonds is 1. The molecule has 2 rings (SSSR count). The second-order valence-electron chi connectivity index (χ2n) is 4.28. The number of aryl methyl sites for hydroxylation is 1. The smallest absolute Gasteiger partial charge is 0.315 e. The summed E-state index contributed by atoms with van der Waals surface area (Å²) in [6.45, 7) is 4.89. The Hall–Kier alpha value is -1.51. The molecule has 1 saturated heterocycles. The summed E-state index contributed by atoms with van der Waals surface area (Å²) >= 11 is 0. The Morgan fingerprint density at radius 3 is 2.73 bits per heavy atom. The van der Waals surface area contributed by atoms with Crippen LogP contribution in [0.15, 0.2) is 24.3 Å². The number of urea groups is 1. The average Bonchev–Trinajstić information content (AvgIpc) is 2.17. The van der Waals surface area contributed by atoms with Gasteiger partial charge in [0, 0.05) is 6.54 Å². The molecular formula is C12H16N2O. The van der Waals surface area contributed by atoms with Crippen LogP contribution in [-0.4, -0.2) is 12.6 Å². The Morgan fingerprint density at radius 2 is 2.07 bits per heavy atom. The monoisotopic (exact) mass is 204 g/mol. The Bertz CT molecular complexity index is 389. The predicted octanol–water partition coefficient (Wildman–Crippen LogP) is 1.91. The lowest BCUT2D eigenvalue weighted by Crippen LogP contribution is -2.55. The van der Waals surface area contributed by atoms with Crippen molar-refractivity contribution in [2.24, 2.45) is 0 Å². The van der Waals surface area contributed by atoms with Crippen molar-refractivity contribution >= 4 is 6.03 Å². The van der Waals surface area contributed by atoms with Gasteiger partial charge in [0.25, 0.3) is 0 Å². The van der Waals surface area contributed by atoms with Gasteiger partial charge < -0.3 is 10.6 Å². The Balaban J connectivity index is 2.36. The van der Waals surface area contributed by atoms with Crippen molar-refractivity contribution in [2.75, 3.05) is 6.54 Å². The number of carbonyl (C=O) groups is 1. The van der Waals surface area contributed by atoms with Gasteiger partial charge in [-0.15, -0.1) is 0 Å². The molecule has 0 bridgehead atoms. The highest BCUT2D eigenvalue weighted by atomic mass is 16.2. The summed E-state index contributed by atoms with van der Waals surface area (Å²) in [6.07, 6.45) is 0.920. The molecule has 3 heteroatoms. The van der Waals surface area contributed by atoms with Gasteiger partial charge in [-0.05, 0) is 31.4 Å². The van der Waals surface area contributed by atoms with E-state index in [-0.39, 0.29) is 11.6 Å². The molecule has 1 heterocycles. The van der Waals surface area contributed by atoms with Crippen molar-refractivity contribution in [2.45, 2.75) is 25.8 Å². The molecule has 2 amide bonds. The number of nitrogens with one attached hydrogen (secondary N) is 2. The molecule has 0 aliphatic carbocycles. The van der Waals surface area contributed by atoms with Gasteiger partial charge in [0.05, 0.1) is 5.54 Å². The van der Waals surface area contributed by atoms with E-state index in [2.05, 4.69) is 36.6 Å². The second-order valence-corrected chi connectivity index (χ2v) is 4.28. The van der Waals surface area contributed by atoms with Gasteiger partial charge in [-0.25, -0.2) is 4.79 Å². The van der Waals surface area contributed by atoms with Crippen LogP contribution >= 0.6 is 0 Å². The van der Waals surface area contributed by atoms with E-state index in [9.17, 15) is 4.79 Å². The SMILES string of the molecule is Cc1ccccc1C1(C)CCNC(=O)N1. The van der Waals surface area contributed by atoms with E-state index in [1.54, 1.807) is 0 Å². The normalized spacial score (nSPS) is 25.6. The van der Waals surface area contributed by atoms with E-state index >= 15 is 0 Å². The zero-order chi connectivity index (χ0) is 10.9. The first kappa shape index (κ1) is 10.0. The standard InChI is InChI=1S/C12H16N2O/c1-9-5-3-4-6-10(9)12(2)7-8-13-11(15)14-12/h3-6H,7-8H2,1-2H3,(H2,13,14,15). The number of benzene rings is 1.